The van der Waals surface area contributed by atoms with E-state index in [4.69, 9.17) is 0 Å². The Hall–Kier alpha value is -2.21. The van der Waals surface area contributed by atoms with E-state index in [1.165, 1.54) is 11.3 Å². The fourth-order valence-electron chi connectivity index (χ4n) is 2.94. The molecule has 3 rings (SSSR count). The van der Waals surface area contributed by atoms with Gasteiger partial charge in [0.05, 0.1) is 18.2 Å². The Morgan fingerprint density at radius 1 is 1.39 bits per heavy atom. The highest BCUT2D eigenvalue weighted by Crippen LogP contribution is 2.28. The molecule has 0 aliphatic carbocycles. The van der Waals surface area contributed by atoms with Crippen LogP contribution < -0.4 is 0 Å². The van der Waals surface area contributed by atoms with Crippen LogP contribution in [0.3, 0.4) is 0 Å². The zero-order chi connectivity index (χ0) is 16.4. The van der Waals surface area contributed by atoms with Crippen molar-refractivity contribution in [1.82, 2.24) is 9.88 Å². The molecule has 0 radical (unpaired) electrons. The third-order valence-electron chi connectivity index (χ3n) is 4.31. The van der Waals surface area contributed by atoms with Gasteiger partial charge in [-0.2, -0.15) is 0 Å². The fourth-order valence-corrected chi connectivity index (χ4v) is 3.74. The first-order chi connectivity index (χ1) is 11.1. The number of amides is 1. The largest absolute Gasteiger partial charge is 0.481 e. The van der Waals surface area contributed by atoms with Crippen LogP contribution in [0.2, 0.25) is 0 Å². The molecular formula is C17H18N2O3S. The summed E-state index contributed by atoms with van der Waals surface area (Å²) in [7, 11) is 0. The van der Waals surface area contributed by atoms with Crippen molar-refractivity contribution in [1.29, 1.82) is 0 Å². The minimum Gasteiger partial charge on any atom is -0.481 e. The maximum Gasteiger partial charge on any atom is 0.308 e. The van der Waals surface area contributed by atoms with Gasteiger partial charge in [0.1, 0.15) is 5.01 Å². The number of benzene rings is 1. The molecule has 1 fully saturated rings. The number of carboxylic acid groups (broad SMARTS) is 1. The number of nitrogens with zero attached hydrogens (tertiary/aromatic N) is 2. The Morgan fingerprint density at radius 3 is 2.83 bits per heavy atom. The summed E-state index contributed by atoms with van der Waals surface area (Å²) in [5.74, 6) is -1.33. The van der Waals surface area contributed by atoms with Crippen LogP contribution in [0, 0.1) is 5.92 Å². The van der Waals surface area contributed by atoms with Gasteiger partial charge in [-0.25, -0.2) is 4.98 Å². The molecule has 2 unspecified atom stereocenters. The number of rotatable bonds is 4. The molecule has 120 valence electrons. The van der Waals surface area contributed by atoms with Crippen LogP contribution in [0.25, 0.3) is 11.3 Å². The Bertz CT molecular complexity index is 714. The van der Waals surface area contributed by atoms with E-state index in [1.54, 1.807) is 4.90 Å². The lowest BCUT2D eigenvalue weighted by Gasteiger charge is -2.36. The monoisotopic (exact) mass is 330 g/mol. The van der Waals surface area contributed by atoms with Crippen LogP contribution in [0.1, 0.15) is 24.8 Å². The van der Waals surface area contributed by atoms with Gasteiger partial charge in [0.15, 0.2) is 0 Å². The smallest absolute Gasteiger partial charge is 0.308 e. The average Bonchev–Trinajstić information content (AvgIpc) is 3.00. The quantitative estimate of drug-likeness (QED) is 0.935. The lowest BCUT2D eigenvalue weighted by atomic mass is 9.90. The third kappa shape index (κ3) is 3.27. The average molecular weight is 330 g/mol. The molecule has 1 N–H and O–H groups in total. The van der Waals surface area contributed by atoms with Crippen LogP contribution in [-0.4, -0.2) is 32.9 Å². The summed E-state index contributed by atoms with van der Waals surface area (Å²) in [4.78, 5) is 29.7. The van der Waals surface area contributed by atoms with Crippen LogP contribution in [0.4, 0.5) is 0 Å². The van der Waals surface area contributed by atoms with Crippen LogP contribution >= 0.6 is 11.3 Å². The SMILES string of the molecule is CC1C(C(=O)O)CCC(=O)N1Cc1nc(-c2ccccc2)cs1. The van der Waals surface area contributed by atoms with E-state index >= 15 is 0 Å². The van der Waals surface area contributed by atoms with Crippen molar-refractivity contribution in [3.8, 4) is 11.3 Å². The Labute approximate surface area is 138 Å². The van der Waals surface area contributed by atoms with E-state index in [0.29, 0.717) is 13.0 Å². The second-order valence-corrected chi connectivity index (χ2v) is 6.68. The van der Waals surface area contributed by atoms with E-state index in [1.807, 2.05) is 42.6 Å². The standard InChI is InChI=1S/C17H18N2O3S/c1-11-13(17(21)22)7-8-16(20)19(11)9-15-18-14(10-23-15)12-5-3-2-4-6-12/h2-6,10-11,13H,7-9H2,1H3,(H,21,22). The fraction of sp³-hybridized carbons (Fsp3) is 0.353. The minimum absolute atomic E-state index is 0.00598. The van der Waals surface area contributed by atoms with Crippen LogP contribution in [0.15, 0.2) is 35.7 Å². The molecule has 23 heavy (non-hydrogen) atoms. The summed E-state index contributed by atoms with van der Waals surface area (Å²) in [5.41, 5.74) is 1.92. The first kappa shape index (κ1) is 15.7. The predicted octanol–water partition coefficient (Wildman–Crippen LogP) is 3.02. The summed E-state index contributed by atoms with van der Waals surface area (Å²) in [6, 6.07) is 9.56. The number of carbonyl (C=O) groups is 2. The number of carbonyl (C=O) groups excluding carboxylic acids is 1. The van der Waals surface area contributed by atoms with Gasteiger partial charge in [-0.05, 0) is 13.3 Å². The number of hydrogen-bond acceptors (Lipinski definition) is 4. The van der Waals surface area contributed by atoms with E-state index in [9.17, 15) is 14.7 Å². The van der Waals surface area contributed by atoms with Crippen molar-refractivity contribution >= 4 is 23.2 Å². The molecule has 0 saturated carbocycles. The third-order valence-corrected chi connectivity index (χ3v) is 5.14. The van der Waals surface area contributed by atoms with Gasteiger partial charge in [0.25, 0.3) is 0 Å². The van der Waals surface area contributed by atoms with Crippen molar-refractivity contribution in [3.63, 3.8) is 0 Å². The topological polar surface area (TPSA) is 70.5 Å². The number of hydrogen-bond donors (Lipinski definition) is 1. The zero-order valence-electron chi connectivity index (χ0n) is 12.8. The minimum atomic E-state index is -0.834. The molecule has 2 aromatic rings. The highest BCUT2D eigenvalue weighted by molar-refractivity contribution is 7.09. The Kier molecular flexibility index (Phi) is 4.43. The summed E-state index contributed by atoms with van der Waals surface area (Å²) in [6.45, 7) is 2.18. The van der Waals surface area contributed by atoms with Gasteiger partial charge < -0.3 is 10.0 Å². The van der Waals surface area contributed by atoms with E-state index in [0.717, 1.165) is 16.3 Å². The maximum absolute atomic E-state index is 12.2. The number of piperidine rings is 1. The second kappa shape index (κ2) is 6.50. The highest BCUT2D eigenvalue weighted by Gasteiger charge is 2.37. The van der Waals surface area contributed by atoms with Gasteiger partial charge in [-0.15, -0.1) is 11.3 Å². The normalized spacial score (nSPS) is 21.4. The van der Waals surface area contributed by atoms with Crippen molar-refractivity contribution in [2.45, 2.75) is 32.4 Å². The van der Waals surface area contributed by atoms with Gasteiger partial charge in [-0.1, -0.05) is 30.3 Å². The number of aromatic nitrogens is 1. The first-order valence-electron chi connectivity index (χ1n) is 7.58. The molecule has 1 saturated heterocycles. The number of carboxylic acids is 1. The Morgan fingerprint density at radius 2 is 2.13 bits per heavy atom. The van der Waals surface area contributed by atoms with Crippen molar-refractivity contribution in [3.05, 3.63) is 40.7 Å². The molecule has 1 amide bonds. The number of thiazole rings is 1. The molecular weight excluding hydrogens is 312 g/mol. The summed E-state index contributed by atoms with van der Waals surface area (Å²) in [6.07, 6.45) is 0.706. The summed E-state index contributed by atoms with van der Waals surface area (Å²) >= 11 is 1.50. The molecule has 2 atom stereocenters. The summed E-state index contributed by atoms with van der Waals surface area (Å²) < 4.78 is 0. The van der Waals surface area contributed by atoms with E-state index < -0.39 is 11.9 Å². The molecule has 0 bridgehead atoms. The second-order valence-electron chi connectivity index (χ2n) is 5.74. The molecule has 1 aliphatic heterocycles. The van der Waals surface area contributed by atoms with Crippen LogP contribution in [-0.2, 0) is 16.1 Å². The van der Waals surface area contributed by atoms with E-state index in [-0.39, 0.29) is 18.4 Å². The molecule has 2 heterocycles. The maximum atomic E-state index is 12.2. The van der Waals surface area contributed by atoms with Gasteiger partial charge in [0, 0.05) is 23.4 Å². The van der Waals surface area contributed by atoms with Crippen molar-refractivity contribution in [2.75, 3.05) is 0 Å². The summed E-state index contributed by atoms with van der Waals surface area (Å²) in [5, 5.41) is 12.1. The van der Waals surface area contributed by atoms with Gasteiger partial charge >= 0.3 is 5.97 Å². The molecule has 6 heteroatoms. The highest BCUT2D eigenvalue weighted by atomic mass is 32.1. The van der Waals surface area contributed by atoms with Gasteiger partial charge in [-0.3, -0.25) is 9.59 Å². The lowest BCUT2D eigenvalue weighted by molar-refractivity contribution is -0.151. The van der Waals surface area contributed by atoms with Gasteiger partial charge in [0.2, 0.25) is 5.91 Å². The predicted molar refractivity (Wildman–Crippen MR) is 87.9 cm³/mol. The first-order valence-corrected chi connectivity index (χ1v) is 8.46. The van der Waals surface area contributed by atoms with Crippen LogP contribution in [0.5, 0.6) is 0 Å². The lowest BCUT2D eigenvalue weighted by Crippen LogP contribution is -2.48. The molecule has 1 aromatic heterocycles. The van der Waals surface area contributed by atoms with E-state index in [2.05, 4.69) is 4.98 Å². The molecule has 0 spiro atoms. The zero-order valence-corrected chi connectivity index (χ0v) is 13.6. The van der Waals surface area contributed by atoms with Crippen molar-refractivity contribution in [2.24, 2.45) is 5.92 Å². The molecule has 1 aromatic carbocycles. The number of likely N-dealkylation sites (tertiary alicyclic amines) is 1. The molecule has 5 nitrogen and oxygen atoms in total. The Balaban J connectivity index is 1.77. The van der Waals surface area contributed by atoms with Crippen molar-refractivity contribution < 1.29 is 14.7 Å². The number of aliphatic carboxylic acids is 1. The molecule has 1 aliphatic rings.